The van der Waals surface area contributed by atoms with Gasteiger partial charge in [0.25, 0.3) is 0 Å². The van der Waals surface area contributed by atoms with E-state index in [4.69, 9.17) is 5.11 Å². The Morgan fingerprint density at radius 2 is 2.38 bits per heavy atom. The molecule has 1 heterocycles. The summed E-state index contributed by atoms with van der Waals surface area (Å²) >= 11 is 0. The lowest BCUT2D eigenvalue weighted by Crippen LogP contribution is -2.30. The molecule has 8 heavy (non-hydrogen) atoms. The first-order valence-corrected chi connectivity index (χ1v) is 5.00. The van der Waals surface area contributed by atoms with Gasteiger partial charge in [-0.05, 0) is 13.3 Å². The molecule has 1 atom stereocenters. The second-order valence-electron chi connectivity index (χ2n) is 2.27. The molecule has 0 aliphatic carbocycles. The number of hydrogen-bond acceptors (Lipinski definition) is 3. The molecule has 3 heteroatoms. The average Bonchev–Trinajstić information content (AvgIpc) is 1.64. The van der Waals surface area contributed by atoms with Gasteiger partial charge >= 0.3 is 0 Å². The van der Waals surface area contributed by atoms with Gasteiger partial charge in [-0.3, -0.25) is 0 Å². The summed E-state index contributed by atoms with van der Waals surface area (Å²) in [7, 11) is 3.78. The van der Waals surface area contributed by atoms with Gasteiger partial charge in [0, 0.05) is 17.1 Å². The van der Waals surface area contributed by atoms with Gasteiger partial charge in [0.05, 0.1) is 0 Å². The highest BCUT2D eigenvalue weighted by Gasteiger charge is 2.32. The Bertz CT molecular complexity index is 80.5. The molecule has 1 nitrogen and oxygen atoms in total. The van der Waals surface area contributed by atoms with Crippen molar-refractivity contribution in [3.05, 3.63) is 0 Å². The Labute approximate surface area is 57.6 Å². The van der Waals surface area contributed by atoms with E-state index in [0.29, 0.717) is 11.4 Å². The minimum atomic E-state index is 0.337. The molecule has 1 aliphatic rings. The summed E-state index contributed by atoms with van der Waals surface area (Å²) in [4.78, 5) is 0. The van der Waals surface area contributed by atoms with E-state index in [-0.39, 0.29) is 0 Å². The molecule has 0 spiro atoms. The third-order valence-electron chi connectivity index (χ3n) is 1.27. The van der Waals surface area contributed by atoms with Crippen molar-refractivity contribution >= 4 is 21.6 Å². The normalized spacial score (nSPS) is 36.8. The van der Waals surface area contributed by atoms with Gasteiger partial charge in [0.15, 0.2) is 0 Å². The average molecular weight is 150 g/mol. The summed E-state index contributed by atoms with van der Waals surface area (Å²) in [6.45, 7) is 2.54. The van der Waals surface area contributed by atoms with Gasteiger partial charge in [-0.15, -0.1) is 0 Å². The van der Waals surface area contributed by atoms with Crippen molar-refractivity contribution in [3.63, 3.8) is 0 Å². The van der Waals surface area contributed by atoms with E-state index in [9.17, 15) is 0 Å². The van der Waals surface area contributed by atoms with Crippen molar-refractivity contribution in [1.29, 1.82) is 0 Å². The van der Waals surface area contributed by atoms with Crippen LogP contribution in [0.1, 0.15) is 13.3 Å². The lowest BCUT2D eigenvalue weighted by atomic mass is 10.1. The Morgan fingerprint density at radius 3 is 2.50 bits per heavy atom. The fraction of sp³-hybridized carbons (Fsp3) is 1.00. The summed E-state index contributed by atoms with van der Waals surface area (Å²) < 4.78 is 0.402. The summed E-state index contributed by atoms with van der Waals surface area (Å²) in [6, 6.07) is 0. The van der Waals surface area contributed by atoms with Crippen LogP contribution in [0.5, 0.6) is 0 Å². The van der Waals surface area contributed by atoms with Crippen LogP contribution in [0.3, 0.4) is 0 Å². The van der Waals surface area contributed by atoms with Gasteiger partial charge in [-0.2, -0.15) is 0 Å². The SMILES string of the molecule is CC1(CCO)CSS1. The van der Waals surface area contributed by atoms with Crippen molar-refractivity contribution in [2.24, 2.45) is 0 Å². The highest BCUT2D eigenvalue weighted by atomic mass is 33.1. The van der Waals surface area contributed by atoms with Crippen LogP contribution in [0.2, 0.25) is 0 Å². The highest BCUT2D eigenvalue weighted by Crippen LogP contribution is 2.51. The Kier molecular flexibility index (Phi) is 2.12. The van der Waals surface area contributed by atoms with Crippen LogP contribution >= 0.6 is 21.6 Å². The molecule has 0 aromatic carbocycles. The molecule has 0 radical (unpaired) electrons. The maximum Gasteiger partial charge on any atom is 0.0444 e. The second kappa shape index (κ2) is 2.50. The summed E-state index contributed by atoms with van der Waals surface area (Å²) in [6.07, 6.45) is 0.949. The maximum atomic E-state index is 8.54. The van der Waals surface area contributed by atoms with E-state index in [1.54, 1.807) is 0 Å². The van der Waals surface area contributed by atoms with Crippen molar-refractivity contribution < 1.29 is 5.11 Å². The minimum Gasteiger partial charge on any atom is -0.396 e. The van der Waals surface area contributed by atoms with Crippen LogP contribution in [0.15, 0.2) is 0 Å². The van der Waals surface area contributed by atoms with Crippen LogP contribution in [-0.4, -0.2) is 22.2 Å². The highest BCUT2D eigenvalue weighted by molar-refractivity contribution is 8.80. The van der Waals surface area contributed by atoms with E-state index in [1.807, 2.05) is 21.6 Å². The fourth-order valence-corrected chi connectivity index (χ4v) is 3.26. The molecule has 0 aromatic rings. The second-order valence-corrected chi connectivity index (χ2v) is 5.15. The molecule has 1 aliphatic heterocycles. The monoisotopic (exact) mass is 150 g/mol. The molecular weight excluding hydrogens is 140 g/mol. The Morgan fingerprint density at radius 1 is 1.75 bits per heavy atom. The zero-order chi connectivity index (χ0) is 6.04. The molecule has 1 N–H and O–H groups in total. The number of aliphatic hydroxyl groups excluding tert-OH is 1. The van der Waals surface area contributed by atoms with Crippen molar-refractivity contribution in [1.82, 2.24) is 0 Å². The fourth-order valence-electron chi connectivity index (χ4n) is 0.610. The van der Waals surface area contributed by atoms with Gasteiger partial charge < -0.3 is 5.11 Å². The lowest BCUT2D eigenvalue weighted by Gasteiger charge is -2.35. The molecule has 0 saturated carbocycles. The van der Waals surface area contributed by atoms with Gasteiger partial charge in [-0.25, -0.2) is 0 Å². The minimum absolute atomic E-state index is 0.337. The number of hydrogen-bond donors (Lipinski definition) is 1. The zero-order valence-corrected chi connectivity index (χ0v) is 6.52. The molecule has 1 rings (SSSR count). The van der Waals surface area contributed by atoms with E-state index >= 15 is 0 Å². The largest absolute Gasteiger partial charge is 0.396 e. The van der Waals surface area contributed by atoms with E-state index in [1.165, 1.54) is 5.75 Å². The maximum absolute atomic E-state index is 8.54. The van der Waals surface area contributed by atoms with Crippen LogP contribution in [0, 0.1) is 0 Å². The van der Waals surface area contributed by atoms with Gasteiger partial charge in [-0.1, -0.05) is 21.6 Å². The van der Waals surface area contributed by atoms with Crippen LogP contribution in [0.25, 0.3) is 0 Å². The van der Waals surface area contributed by atoms with E-state index in [0.717, 1.165) is 6.42 Å². The lowest BCUT2D eigenvalue weighted by molar-refractivity contribution is 0.276. The summed E-state index contributed by atoms with van der Waals surface area (Å²) in [5.74, 6) is 1.21. The van der Waals surface area contributed by atoms with E-state index < -0.39 is 0 Å². The standard InChI is InChI=1S/C5H10OS2/c1-5(2-3-6)4-7-8-5/h6H,2-4H2,1H3. The molecule has 1 unspecified atom stereocenters. The van der Waals surface area contributed by atoms with Crippen LogP contribution in [0.4, 0.5) is 0 Å². The molecule has 1 fully saturated rings. The first kappa shape index (κ1) is 6.78. The zero-order valence-electron chi connectivity index (χ0n) is 4.89. The van der Waals surface area contributed by atoms with Crippen LogP contribution in [-0.2, 0) is 0 Å². The number of rotatable bonds is 2. The molecular formula is C5H10OS2. The summed E-state index contributed by atoms with van der Waals surface area (Å²) in [5.41, 5.74) is 0. The predicted octanol–water partition coefficient (Wildman–Crippen LogP) is 1.52. The molecule has 0 amide bonds. The third-order valence-corrected chi connectivity index (χ3v) is 4.99. The molecule has 0 bridgehead atoms. The van der Waals surface area contributed by atoms with Crippen molar-refractivity contribution in [2.45, 2.75) is 18.1 Å². The van der Waals surface area contributed by atoms with E-state index in [2.05, 4.69) is 6.92 Å². The predicted molar refractivity (Wildman–Crippen MR) is 40.2 cm³/mol. The quantitative estimate of drug-likeness (QED) is 0.603. The summed E-state index contributed by atoms with van der Waals surface area (Å²) in [5, 5.41) is 8.54. The first-order chi connectivity index (χ1) is 3.77. The number of aliphatic hydroxyl groups is 1. The van der Waals surface area contributed by atoms with Gasteiger partial charge in [0.2, 0.25) is 0 Å². The smallest absolute Gasteiger partial charge is 0.0444 e. The Balaban J connectivity index is 2.20. The van der Waals surface area contributed by atoms with Crippen LogP contribution < -0.4 is 0 Å². The molecule has 1 saturated heterocycles. The van der Waals surface area contributed by atoms with Gasteiger partial charge in [0.1, 0.15) is 0 Å². The van der Waals surface area contributed by atoms with Crippen molar-refractivity contribution in [2.75, 3.05) is 12.4 Å². The first-order valence-electron chi connectivity index (χ1n) is 2.68. The molecule has 0 aromatic heterocycles. The Hall–Kier alpha value is 0.660. The third kappa shape index (κ3) is 1.33. The topological polar surface area (TPSA) is 20.2 Å². The molecule has 48 valence electrons. The van der Waals surface area contributed by atoms with Crippen molar-refractivity contribution in [3.8, 4) is 0 Å².